The Balaban J connectivity index is 2.33. The van der Waals surface area contributed by atoms with Crippen molar-refractivity contribution in [2.24, 2.45) is 5.40 Å². The Hall–Kier alpha value is 0.137. The highest BCUT2D eigenvalue weighted by molar-refractivity contribution is 6.69. The van der Waals surface area contributed by atoms with Crippen LogP contribution in [-0.4, -0.2) is 15.1 Å². The molecule has 2 nitrogen and oxygen atoms in total. The minimum Gasteiger partial charge on any atom is -0.403 e. The third-order valence-electron chi connectivity index (χ3n) is 1.50. The molecule has 48 valence electrons. The Bertz CT molecular complexity index is 76.5. The Labute approximate surface area is 51.2 Å². The second-order valence-corrected chi connectivity index (χ2v) is 6.03. The molecular weight excluding hydrogens is 118 g/mol. The lowest BCUT2D eigenvalue weighted by molar-refractivity contribution is 0.271. The predicted molar refractivity (Wildman–Crippen MR) is 35.8 cm³/mol. The molecule has 0 spiro atoms. The summed E-state index contributed by atoms with van der Waals surface area (Å²) in [5, 5.41) is 5.79. The minimum atomic E-state index is -1.59. The van der Waals surface area contributed by atoms with E-state index in [-0.39, 0.29) is 0 Å². The molecule has 0 aliphatic carbocycles. The summed E-state index contributed by atoms with van der Waals surface area (Å²) in [6.45, 7) is 2.98. The Kier molecular flexibility index (Phi) is 1.70. The molecule has 1 unspecified atom stereocenters. The zero-order chi connectivity index (χ0) is 6.04. The zero-order valence-electron chi connectivity index (χ0n) is 5.31. The topological polar surface area (TPSA) is 35.2 Å². The van der Waals surface area contributed by atoms with Crippen molar-refractivity contribution in [2.45, 2.75) is 25.4 Å². The van der Waals surface area contributed by atoms with Crippen LogP contribution in [0.4, 0.5) is 0 Å². The van der Waals surface area contributed by atoms with Crippen molar-refractivity contribution in [3.05, 3.63) is 0 Å². The lowest BCUT2D eigenvalue weighted by Gasteiger charge is -2.26. The average Bonchev–Trinajstić information content (AvgIpc) is 1.65. The second kappa shape index (κ2) is 2.17. The third kappa shape index (κ3) is 1.58. The summed E-state index contributed by atoms with van der Waals surface area (Å²) >= 11 is 0. The van der Waals surface area contributed by atoms with E-state index >= 15 is 0 Å². The summed E-state index contributed by atoms with van der Waals surface area (Å²) in [4.78, 5) is 0. The summed E-state index contributed by atoms with van der Waals surface area (Å²) in [7, 11) is -1.59. The van der Waals surface area contributed by atoms with E-state index in [0.717, 1.165) is 12.7 Å². The first-order valence-corrected chi connectivity index (χ1v) is 5.83. The van der Waals surface area contributed by atoms with Gasteiger partial charge in [-0.15, -0.1) is 0 Å². The van der Waals surface area contributed by atoms with E-state index in [9.17, 15) is 0 Å². The van der Waals surface area contributed by atoms with Crippen molar-refractivity contribution in [1.82, 2.24) is 0 Å². The van der Waals surface area contributed by atoms with Gasteiger partial charge in [-0.25, -0.2) is 0 Å². The van der Waals surface area contributed by atoms with E-state index in [1.807, 2.05) is 0 Å². The zero-order valence-corrected chi connectivity index (χ0v) is 6.31. The van der Waals surface area contributed by atoms with Crippen molar-refractivity contribution < 1.29 is 4.43 Å². The molecule has 0 aromatic heterocycles. The van der Waals surface area contributed by atoms with Crippen LogP contribution in [0, 0.1) is 0 Å². The predicted octanol–water partition coefficient (Wildman–Crippen LogP) is 0.827. The van der Waals surface area contributed by atoms with Gasteiger partial charge in [-0.05, 0) is 19.0 Å². The number of hydrogen-bond donors (Lipinski definition) is 1. The molecule has 0 bridgehead atoms. The van der Waals surface area contributed by atoms with Crippen molar-refractivity contribution in [1.29, 1.82) is 0 Å². The molecule has 0 radical (unpaired) electrons. The fourth-order valence-electron chi connectivity index (χ4n) is 0.956. The van der Waals surface area contributed by atoms with Crippen LogP contribution in [0.3, 0.4) is 0 Å². The van der Waals surface area contributed by atoms with Crippen molar-refractivity contribution in [2.75, 3.05) is 6.61 Å². The molecule has 3 heteroatoms. The highest BCUT2D eigenvalue weighted by Crippen LogP contribution is 2.15. The van der Waals surface area contributed by atoms with Gasteiger partial charge < -0.3 is 9.83 Å². The maximum absolute atomic E-state index is 5.79. The largest absolute Gasteiger partial charge is 0.403 e. The SMILES string of the molecule is C[Si]1(N)CCCCO1. The molecule has 1 aliphatic rings. The van der Waals surface area contributed by atoms with Gasteiger partial charge in [0.05, 0.1) is 0 Å². The smallest absolute Gasteiger partial charge is 0.262 e. The molecule has 2 N–H and O–H groups in total. The van der Waals surface area contributed by atoms with Gasteiger partial charge in [0.15, 0.2) is 0 Å². The molecule has 0 aromatic carbocycles. The van der Waals surface area contributed by atoms with Crippen LogP contribution in [-0.2, 0) is 4.43 Å². The van der Waals surface area contributed by atoms with Gasteiger partial charge in [-0.1, -0.05) is 6.42 Å². The molecule has 1 atom stereocenters. The summed E-state index contributed by atoms with van der Waals surface area (Å²) in [5.41, 5.74) is 0. The molecule has 1 saturated heterocycles. The van der Waals surface area contributed by atoms with E-state index in [1.54, 1.807) is 0 Å². The molecule has 1 fully saturated rings. The van der Waals surface area contributed by atoms with Crippen molar-refractivity contribution >= 4 is 8.48 Å². The molecule has 8 heavy (non-hydrogen) atoms. The quantitative estimate of drug-likeness (QED) is 0.494. The second-order valence-electron chi connectivity index (χ2n) is 2.62. The third-order valence-corrected chi connectivity index (χ3v) is 3.71. The van der Waals surface area contributed by atoms with E-state index < -0.39 is 8.48 Å². The van der Waals surface area contributed by atoms with Gasteiger partial charge in [-0.3, -0.25) is 0 Å². The highest BCUT2D eigenvalue weighted by Gasteiger charge is 2.25. The number of hydrogen-bond acceptors (Lipinski definition) is 2. The lowest BCUT2D eigenvalue weighted by atomic mass is 10.4. The molecule has 0 aromatic rings. The van der Waals surface area contributed by atoms with Gasteiger partial charge in [0.25, 0.3) is 8.48 Å². The van der Waals surface area contributed by atoms with E-state index in [2.05, 4.69) is 6.55 Å². The first-order chi connectivity index (χ1) is 3.71. The van der Waals surface area contributed by atoms with Gasteiger partial charge >= 0.3 is 0 Å². The van der Waals surface area contributed by atoms with E-state index in [0.29, 0.717) is 0 Å². The molecule has 0 saturated carbocycles. The number of rotatable bonds is 0. The van der Waals surface area contributed by atoms with Gasteiger partial charge in [0.1, 0.15) is 0 Å². The first kappa shape index (κ1) is 6.26. The monoisotopic (exact) mass is 131 g/mol. The summed E-state index contributed by atoms with van der Waals surface area (Å²) in [5.74, 6) is 0. The lowest BCUT2D eigenvalue weighted by Crippen LogP contribution is -2.47. The molecular formula is C5H13NOSi. The maximum Gasteiger partial charge on any atom is 0.262 e. The van der Waals surface area contributed by atoms with Crippen LogP contribution in [0.1, 0.15) is 12.8 Å². The minimum absolute atomic E-state index is 0.902. The standard InChI is InChI=1S/C5H13NOSi/c1-8(6)5-3-2-4-7-8/h2-6H2,1H3. The normalized spacial score (nSPS) is 39.8. The fraction of sp³-hybridized carbons (Fsp3) is 1.00. The van der Waals surface area contributed by atoms with Crippen LogP contribution in [0.15, 0.2) is 0 Å². The van der Waals surface area contributed by atoms with Crippen molar-refractivity contribution in [3.63, 3.8) is 0 Å². The first-order valence-electron chi connectivity index (χ1n) is 3.14. The molecule has 1 heterocycles. The van der Waals surface area contributed by atoms with Crippen LogP contribution in [0.25, 0.3) is 0 Å². The Morgan fingerprint density at radius 3 is 2.50 bits per heavy atom. The fourth-order valence-corrected chi connectivity index (χ4v) is 2.66. The maximum atomic E-state index is 5.79. The van der Waals surface area contributed by atoms with Crippen LogP contribution >= 0.6 is 0 Å². The molecule has 1 rings (SSSR count). The van der Waals surface area contributed by atoms with E-state index in [1.165, 1.54) is 12.8 Å². The van der Waals surface area contributed by atoms with Gasteiger partial charge in [0.2, 0.25) is 0 Å². The highest BCUT2D eigenvalue weighted by atomic mass is 28.4. The van der Waals surface area contributed by atoms with Crippen LogP contribution in [0.5, 0.6) is 0 Å². The summed E-state index contributed by atoms with van der Waals surface area (Å²) in [6.07, 6.45) is 2.49. The van der Waals surface area contributed by atoms with Crippen LogP contribution in [0.2, 0.25) is 12.6 Å². The summed E-state index contributed by atoms with van der Waals surface area (Å²) in [6, 6.07) is 1.15. The number of nitrogens with two attached hydrogens (primary N) is 1. The summed E-state index contributed by atoms with van der Waals surface area (Å²) < 4.78 is 5.38. The molecule has 1 aliphatic heterocycles. The van der Waals surface area contributed by atoms with Crippen molar-refractivity contribution in [3.8, 4) is 0 Å². The van der Waals surface area contributed by atoms with E-state index in [4.69, 9.17) is 9.83 Å². The van der Waals surface area contributed by atoms with Gasteiger partial charge in [0, 0.05) is 6.61 Å². The van der Waals surface area contributed by atoms with Gasteiger partial charge in [-0.2, -0.15) is 0 Å². The molecule has 0 amide bonds. The van der Waals surface area contributed by atoms with Crippen LogP contribution < -0.4 is 5.40 Å². The average molecular weight is 131 g/mol. The Morgan fingerprint density at radius 1 is 1.50 bits per heavy atom. The Morgan fingerprint density at radius 2 is 2.25 bits per heavy atom.